The number of benzene rings is 1. The first kappa shape index (κ1) is 12.5. The SMILES string of the molecule is Cc1cccc(C[Si](C)(C)C)c1C(=O)Cl. The number of hydrogen-bond acceptors (Lipinski definition) is 1. The van der Waals surface area contributed by atoms with E-state index in [-0.39, 0.29) is 5.24 Å². The molecular formula is C12H17ClOSi. The van der Waals surface area contributed by atoms with Crippen molar-refractivity contribution in [2.75, 3.05) is 0 Å². The standard InChI is InChI=1S/C12H17ClOSi/c1-9-6-5-7-10(8-15(2,3)4)11(9)12(13)14/h5-7H,8H2,1-4H3. The van der Waals surface area contributed by atoms with E-state index in [9.17, 15) is 4.79 Å². The summed E-state index contributed by atoms with van der Waals surface area (Å²) in [7, 11) is -1.21. The summed E-state index contributed by atoms with van der Waals surface area (Å²) in [6.07, 6.45) is 0. The van der Waals surface area contributed by atoms with Gasteiger partial charge in [-0.05, 0) is 35.7 Å². The third-order valence-electron chi connectivity index (χ3n) is 2.28. The maximum absolute atomic E-state index is 11.4. The van der Waals surface area contributed by atoms with Gasteiger partial charge in [-0.1, -0.05) is 37.8 Å². The quantitative estimate of drug-likeness (QED) is 0.580. The molecule has 1 aromatic carbocycles. The van der Waals surface area contributed by atoms with Crippen molar-refractivity contribution in [2.24, 2.45) is 0 Å². The zero-order valence-electron chi connectivity index (χ0n) is 9.73. The van der Waals surface area contributed by atoms with Crippen LogP contribution in [0, 0.1) is 6.92 Å². The maximum Gasteiger partial charge on any atom is 0.252 e. The lowest BCUT2D eigenvalue weighted by Gasteiger charge is -2.18. The molecule has 0 aliphatic heterocycles. The van der Waals surface area contributed by atoms with Crippen LogP contribution in [0.25, 0.3) is 0 Å². The van der Waals surface area contributed by atoms with Crippen LogP contribution in [0.1, 0.15) is 21.5 Å². The second-order valence-corrected chi connectivity index (χ2v) is 10.9. The number of carbonyl (C=O) groups excluding carboxylic acids is 1. The molecule has 0 spiro atoms. The van der Waals surface area contributed by atoms with Crippen LogP contribution in [-0.2, 0) is 6.04 Å². The lowest BCUT2D eigenvalue weighted by molar-refractivity contribution is 0.108. The Kier molecular flexibility index (Phi) is 3.74. The fourth-order valence-corrected chi connectivity index (χ4v) is 3.44. The summed E-state index contributed by atoms with van der Waals surface area (Å²) in [5, 5.41) is -0.332. The summed E-state index contributed by atoms with van der Waals surface area (Å²) in [4.78, 5) is 11.4. The van der Waals surface area contributed by atoms with E-state index in [0.29, 0.717) is 5.56 Å². The fourth-order valence-electron chi connectivity index (χ4n) is 1.73. The molecule has 0 aliphatic carbocycles. The zero-order valence-corrected chi connectivity index (χ0v) is 11.5. The van der Waals surface area contributed by atoms with Crippen molar-refractivity contribution < 1.29 is 4.79 Å². The smallest absolute Gasteiger partial charge is 0.252 e. The minimum atomic E-state index is -1.21. The Balaban J connectivity index is 3.18. The van der Waals surface area contributed by atoms with Crippen LogP contribution in [0.4, 0.5) is 0 Å². The fraction of sp³-hybridized carbons (Fsp3) is 0.417. The third kappa shape index (κ3) is 3.47. The highest BCUT2D eigenvalue weighted by atomic mass is 35.5. The molecule has 1 nitrogen and oxygen atoms in total. The van der Waals surface area contributed by atoms with Crippen LogP contribution in [0.15, 0.2) is 18.2 Å². The predicted octanol–water partition coefficient (Wildman–Crippen LogP) is 3.79. The number of rotatable bonds is 3. The summed E-state index contributed by atoms with van der Waals surface area (Å²) >= 11 is 5.62. The molecule has 0 saturated heterocycles. The van der Waals surface area contributed by atoms with Crippen LogP contribution >= 0.6 is 11.6 Å². The number of carbonyl (C=O) groups is 1. The van der Waals surface area contributed by atoms with Gasteiger partial charge < -0.3 is 0 Å². The van der Waals surface area contributed by atoms with Crippen LogP contribution in [0.5, 0.6) is 0 Å². The van der Waals surface area contributed by atoms with Crippen LogP contribution in [-0.4, -0.2) is 13.3 Å². The Morgan fingerprint density at radius 2 is 1.93 bits per heavy atom. The zero-order chi connectivity index (χ0) is 11.6. The Labute approximate surface area is 97.5 Å². The highest BCUT2D eigenvalue weighted by Crippen LogP contribution is 2.20. The van der Waals surface area contributed by atoms with E-state index in [1.165, 1.54) is 0 Å². The molecule has 0 radical (unpaired) electrons. The van der Waals surface area contributed by atoms with E-state index < -0.39 is 8.07 Å². The summed E-state index contributed by atoms with van der Waals surface area (Å²) in [6, 6.07) is 6.95. The van der Waals surface area contributed by atoms with Gasteiger partial charge in [0.05, 0.1) is 0 Å². The van der Waals surface area contributed by atoms with Gasteiger partial charge in [0.25, 0.3) is 5.24 Å². The van der Waals surface area contributed by atoms with Gasteiger partial charge in [0.15, 0.2) is 0 Å². The molecule has 3 heteroatoms. The minimum Gasteiger partial charge on any atom is -0.276 e. The monoisotopic (exact) mass is 240 g/mol. The first-order valence-corrected chi connectivity index (χ1v) is 9.18. The Morgan fingerprint density at radius 1 is 1.33 bits per heavy atom. The highest BCUT2D eigenvalue weighted by molar-refractivity contribution is 6.75. The van der Waals surface area contributed by atoms with Gasteiger partial charge in [-0.15, -0.1) is 0 Å². The van der Waals surface area contributed by atoms with Gasteiger partial charge in [0.1, 0.15) is 0 Å². The minimum absolute atomic E-state index is 0.332. The second-order valence-electron chi connectivity index (χ2n) is 5.12. The maximum atomic E-state index is 11.4. The van der Waals surface area contributed by atoms with Crippen molar-refractivity contribution in [3.05, 3.63) is 34.9 Å². The van der Waals surface area contributed by atoms with Gasteiger partial charge >= 0.3 is 0 Å². The molecule has 0 N–H and O–H groups in total. The molecule has 0 heterocycles. The summed E-state index contributed by atoms with van der Waals surface area (Å²) < 4.78 is 0. The van der Waals surface area contributed by atoms with E-state index in [0.717, 1.165) is 17.2 Å². The molecule has 15 heavy (non-hydrogen) atoms. The van der Waals surface area contributed by atoms with E-state index >= 15 is 0 Å². The number of aryl methyl sites for hydroxylation is 1. The normalized spacial score (nSPS) is 11.5. The van der Waals surface area contributed by atoms with Crippen LogP contribution in [0.3, 0.4) is 0 Å². The van der Waals surface area contributed by atoms with Crippen LogP contribution in [0.2, 0.25) is 19.6 Å². The molecule has 1 aromatic rings. The average molecular weight is 241 g/mol. The first-order chi connectivity index (χ1) is 6.81. The molecule has 1 rings (SSSR count). The molecule has 82 valence electrons. The third-order valence-corrected chi connectivity index (χ3v) is 3.91. The van der Waals surface area contributed by atoms with Crippen molar-refractivity contribution in [3.63, 3.8) is 0 Å². The molecule has 0 aromatic heterocycles. The first-order valence-electron chi connectivity index (χ1n) is 5.09. The van der Waals surface area contributed by atoms with E-state index in [1.807, 2.05) is 25.1 Å². The second kappa shape index (κ2) is 4.50. The van der Waals surface area contributed by atoms with E-state index in [1.54, 1.807) is 0 Å². The van der Waals surface area contributed by atoms with Crippen LogP contribution < -0.4 is 0 Å². The molecule has 0 unspecified atom stereocenters. The van der Waals surface area contributed by atoms with Crippen molar-refractivity contribution in [1.82, 2.24) is 0 Å². The van der Waals surface area contributed by atoms with Gasteiger partial charge in [0, 0.05) is 13.6 Å². The topological polar surface area (TPSA) is 17.1 Å². The van der Waals surface area contributed by atoms with Crippen molar-refractivity contribution in [2.45, 2.75) is 32.6 Å². The highest BCUT2D eigenvalue weighted by Gasteiger charge is 2.19. The molecule has 0 aliphatic rings. The molecule has 0 atom stereocenters. The Morgan fingerprint density at radius 3 is 2.40 bits per heavy atom. The van der Waals surface area contributed by atoms with Crippen molar-refractivity contribution >= 4 is 24.9 Å². The lowest BCUT2D eigenvalue weighted by atomic mass is 10.0. The molecular weight excluding hydrogens is 224 g/mol. The summed E-state index contributed by atoms with van der Waals surface area (Å²) in [5.41, 5.74) is 2.79. The predicted molar refractivity (Wildman–Crippen MR) is 68.4 cm³/mol. The van der Waals surface area contributed by atoms with Gasteiger partial charge in [0.2, 0.25) is 0 Å². The number of halogens is 1. The van der Waals surface area contributed by atoms with Crippen molar-refractivity contribution in [1.29, 1.82) is 0 Å². The van der Waals surface area contributed by atoms with Gasteiger partial charge in [-0.25, -0.2) is 0 Å². The average Bonchev–Trinajstić information content (AvgIpc) is 1.99. The molecule has 0 fully saturated rings. The van der Waals surface area contributed by atoms with Gasteiger partial charge in [-0.3, -0.25) is 4.79 Å². The van der Waals surface area contributed by atoms with Gasteiger partial charge in [-0.2, -0.15) is 0 Å². The number of hydrogen-bond donors (Lipinski definition) is 0. The molecule has 0 amide bonds. The van der Waals surface area contributed by atoms with E-state index in [2.05, 4.69) is 19.6 Å². The van der Waals surface area contributed by atoms with E-state index in [4.69, 9.17) is 11.6 Å². The Hall–Kier alpha value is -0.603. The van der Waals surface area contributed by atoms with Crippen molar-refractivity contribution in [3.8, 4) is 0 Å². The summed E-state index contributed by atoms with van der Waals surface area (Å²) in [6.45, 7) is 8.80. The molecule has 0 bridgehead atoms. The summed E-state index contributed by atoms with van der Waals surface area (Å²) in [5.74, 6) is 0. The largest absolute Gasteiger partial charge is 0.276 e. The Bertz CT molecular complexity index is 380. The molecule has 0 saturated carbocycles. The lowest BCUT2D eigenvalue weighted by Crippen LogP contribution is -2.25.